The van der Waals surface area contributed by atoms with Crippen molar-refractivity contribution < 1.29 is 19.0 Å². The summed E-state index contributed by atoms with van der Waals surface area (Å²) < 4.78 is 16.4. The number of rotatable bonds is 9. The molecular formula is C15H20N2O4S. The maximum atomic E-state index is 8.59. The summed E-state index contributed by atoms with van der Waals surface area (Å²) in [6.45, 7) is 5.17. The van der Waals surface area contributed by atoms with E-state index in [9.17, 15) is 0 Å². The van der Waals surface area contributed by atoms with Gasteiger partial charge in [0.15, 0.2) is 6.61 Å². The summed E-state index contributed by atoms with van der Waals surface area (Å²) in [7, 11) is 0. The summed E-state index contributed by atoms with van der Waals surface area (Å²) in [4.78, 5) is 0. The Hall–Kier alpha value is -1.57. The fourth-order valence-electron chi connectivity index (χ4n) is 1.71. The van der Waals surface area contributed by atoms with Gasteiger partial charge in [-0.2, -0.15) is 0 Å². The van der Waals surface area contributed by atoms with Crippen molar-refractivity contribution in [3.63, 3.8) is 0 Å². The molecule has 7 heteroatoms. The van der Waals surface area contributed by atoms with Gasteiger partial charge in [-0.05, 0) is 31.0 Å². The molecule has 0 amide bonds. The van der Waals surface area contributed by atoms with Crippen LogP contribution in [0.3, 0.4) is 0 Å². The first kappa shape index (κ1) is 16.8. The number of aliphatic hydroxyl groups is 1. The van der Waals surface area contributed by atoms with Gasteiger partial charge < -0.3 is 19.0 Å². The fraction of sp³-hybridized carbons (Fsp3) is 0.467. The van der Waals surface area contributed by atoms with Gasteiger partial charge >= 0.3 is 0 Å². The molecule has 0 atom stereocenters. The number of ether oxygens (including phenoxy) is 2. The van der Waals surface area contributed by atoms with Crippen molar-refractivity contribution in [1.82, 2.24) is 10.2 Å². The Balaban J connectivity index is 1.78. The van der Waals surface area contributed by atoms with E-state index >= 15 is 0 Å². The van der Waals surface area contributed by atoms with Gasteiger partial charge in [0.2, 0.25) is 0 Å². The maximum Gasteiger partial charge on any atom is 0.276 e. The highest BCUT2D eigenvalue weighted by Gasteiger charge is 2.08. The SMILES string of the molecule is Cc1ccc(C)c(OCc2nnc(SCCOCCO)o2)c1. The number of hydrogen-bond acceptors (Lipinski definition) is 7. The molecule has 0 radical (unpaired) electrons. The zero-order chi connectivity index (χ0) is 15.8. The van der Waals surface area contributed by atoms with Crippen molar-refractivity contribution in [2.45, 2.75) is 25.7 Å². The Bertz CT molecular complexity index is 589. The van der Waals surface area contributed by atoms with Crippen LogP contribution in [0.15, 0.2) is 27.8 Å². The molecular weight excluding hydrogens is 304 g/mol. The third-order valence-corrected chi connectivity index (χ3v) is 3.61. The summed E-state index contributed by atoms with van der Waals surface area (Å²) in [5.74, 6) is 1.96. The summed E-state index contributed by atoms with van der Waals surface area (Å²) in [6, 6.07) is 6.05. The molecule has 2 aromatic rings. The average molecular weight is 324 g/mol. The minimum atomic E-state index is 0.0328. The van der Waals surface area contributed by atoms with Gasteiger partial charge in [0.1, 0.15) is 5.75 Å². The van der Waals surface area contributed by atoms with Crippen molar-refractivity contribution in [3.05, 3.63) is 35.2 Å². The highest BCUT2D eigenvalue weighted by molar-refractivity contribution is 7.99. The lowest BCUT2D eigenvalue weighted by Gasteiger charge is -2.07. The van der Waals surface area contributed by atoms with Crippen molar-refractivity contribution in [2.24, 2.45) is 0 Å². The molecule has 1 heterocycles. The lowest BCUT2D eigenvalue weighted by atomic mass is 10.1. The zero-order valence-corrected chi connectivity index (χ0v) is 13.6. The van der Waals surface area contributed by atoms with E-state index in [1.54, 1.807) is 0 Å². The van der Waals surface area contributed by atoms with E-state index < -0.39 is 0 Å². The highest BCUT2D eigenvalue weighted by Crippen LogP contribution is 2.21. The molecule has 120 valence electrons. The molecule has 1 aromatic carbocycles. The second-order valence-corrected chi connectivity index (χ2v) is 5.75. The molecule has 0 aliphatic carbocycles. The molecule has 0 fully saturated rings. The van der Waals surface area contributed by atoms with Crippen LogP contribution < -0.4 is 4.74 Å². The third kappa shape index (κ3) is 5.32. The second-order valence-electron chi connectivity index (χ2n) is 4.70. The maximum absolute atomic E-state index is 8.59. The highest BCUT2D eigenvalue weighted by atomic mass is 32.2. The van der Waals surface area contributed by atoms with Crippen LogP contribution >= 0.6 is 11.8 Å². The lowest BCUT2D eigenvalue weighted by Crippen LogP contribution is -2.02. The van der Waals surface area contributed by atoms with Crippen molar-refractivity contribution in [2.75, 3.05) is 25.6 Å². The predicted octanol–water partition coefficient (Wildman–Crippen LogP) is 2.37. The molecule has 0 spiro atoms. The Morgan fingerprint density at radius 1 is 1.23 bits per heavy atom. The van der Waals surface area contributed by atoms with Crippen molar-refractivity contribution in [3.8, 4) is 5.75 Å². The molecule has 22 heavy (non-hydrogen) atoms. The van der Waals surface area contributed by atoms with E-state index in [2.05, 4.69) is 10.2 Å². The van der Waals surface area contributed by atoms with Crippen molar-refractivity contribution >= 4 is 11.8 Å². The van der Waals surface area contributed by atoms with Gasteiger partial charge in [-0.15, -0.1) is 10.2 Å². The first-order valence-corrected chi connectivity index (χ1v) is 8.01. The second kappa shape index (κ2) is 8.77. The molecule has 1 N–H and O–H groups in total. The monoisotopic (exact) mass is 324 g/mol. The van der Waals surface area contributed by atoms with E-state index in [1.165, 1.54) is 11.8 Å². The Kier molecular flexibility index (Phi) is 6.70. The molecule has 0 aliphatic rings. The normalized spacial score (nSPS) is 10.9. The van der Waals surface area contributed by atoms with E-state index in [1.807, 2.05) is 32.0 Å². The fourth-order valence-corrected chi connectivity index (χ4v) is 2.34. The Morgan fingerprint density at radius 2 is 2.09 bits per heavy atom. The summed E-state index contributed by atoms with van der Waals surface area (Å²) >= 11 is 1.42. The third-order valence-electron chi connectivity index (χ3n) is 2.83. The molecule has 2 rings (SSSR count). The topological polar surface area (TPSA) is 77.6 Å². The van der Waals surface area contributed by atoms with E-state index in [4.69, 9.17) is 19.0 Å². The first-order chi connectivity index (χ1) is 10.7. The average Bonchev–Trinajstić information content (AvgIpc) is 2.96. The Morgan fingerprint density at radius 3 is 2.91 bits per heavy atom. The molecule has 0 saturated carbocycles. The van der Waals surface area contributed by atoms with Crippen molar-refractivity contribution in [1.29, 1.82) is 0 Å². The number of thioether (sulfide) groups is 1. The molecule has 6 nitrogen and oxygen atoms in total. The molecule has 0 bridgehead atoms. The zero-order valence-electron chi connectivity index (χ0n) is 12.7. The minimum absolute atomic E-state index is 0.0328. The van der Waals surface area contributed by atoms with E-state index in [0.717, 1.165) is 16.9 Å². The van der Waals surface area contributed by atoms with Crippen LogP contribution in [0.5, 0.6) is 5.75 Å². The number of benzene rings is 1. The first-order valence-electron chi connectivity index (χ1n) is 7.03. The minimum Gasteiger partial charge on any atom is -0.484 e. The van der Waals surface area contributed by atoms with Gasteiger partial charge in [-0.1, -0.05) is 23.9 Å². The standard InChI is InChI=1S/C15H20N2O4S/c1-11-3-4-12(2)13(9-11)20-10-14-16-17-15(21-14)22-8-7-19-6-5-18/h3-4,9,18H,5-8,10H2,1-2H3. The Labute approximate surface area is 133 Å². The van der Waals surface area contributed by atoms with E-state index in [0.29, 0.717) is 30.1 Å². The number of nitrogens with zero attached hydrogens (tertiary/aromatic N) is 2. The van der Waals surface area contributed by atoms with Crippen LogP contribution in [-0.4, -0.2) is 40.9 Å². The molecule has 0 saturated heterocycles. The van der Waals surface area contributed by atoms with Gasteiger partial charge in [-0.3, -0.25) is 0 Å². The molecule has 0 unspecified atom stereocenters. The predicted molar refractivity (Wildman–Crippen MR) is 83.2 cm³/mol. The van der Waals surface area contributed by atoms with Gasteiger partial charge in [-0.25, -0.2) is 0 Å². The van der Waals surface area contributed by atoms with Crippen LogP contribution in [0, 0.1) is 13.8 Å². The molecule has 1 aromatic heterocycles. The van der Waals surface area contributed by atoms with Gasteiger partial charge in [0.05, 0.1) is 19.8 Å². The summed E-state index contributed by atoms with van der Waals surface area (Å²) in [5.41, 5.74) is 2.21. The number of aromatic nitrogens is 2. The van der Waals surface area contributed by atoms with Gasteiger partial charge in [0, 0.05) is 5.75 Å². The largest absolute Gasteiger partial charge is 0.484 e. The molecule has 0 aliphatic heterocycles. The van der Waals surface area contributed by atoms with E-state index in [-0.39, 0.29) is 13.2 Å². The van der Waals surface area contributed by atoms with Crippen LogP contribution in [-0.2, 0) is 11.3 Å². The summed E-state index contributed by atoms with van der Waals surface area (Å²) in [5, 5.41) is 17.0. The van der Waals surface area contributed by atoms with Gasteiger partial charge in [0.25, 0.3) is 11.1 Å². The van der Waals surface area contributed by atoms with Crippen LogP contribution in [0.1, 0.15) is 17.0 Å². The quantitative estimate of drug-likeness (QED) is 0.560. The van der Waals surface area contributed by atoms with Crippen LogP contribution in [0.25, 0.3) is 0 Å². The summed E-state index contributed by atoms with van der Waals surface area (Å²) in [6.07, 6.45) is 0. The number of hydrogen-bond donors (Lipinski definition) is 1. The number of aryl methyl sites for hydroxylation is 2. The smallest absolute Gasteiger partial charge is 0.276 e. The van der Waals surface area contributed by atoms with Crippen LogP contribution in [0.2, 0.25) is 0 Å². The number of aliphatic hydroxyl groups excluding tert-OH is 1. The van der Waals surface area contributed by atoms with Crippen LogP contribution in [0.4, 0.5) is 0 Å². The lowest BCUT2D eigenvalue weighted by molar-refractivity contribution is 0.103.